The predicted molar refractivity (Wildman–Crippen MR) is 127 cm³/mol. The van der Waals surface area contributed by atoms with Gasteiger partial charge in [-0.1, -0.05) is 42.5 Å². The van der Waals surface area contributed by atoms with Crippen molar-refractivity contribution in [3.8, 4) is 28.7 Å². The number of nitrogens with one attached hydrogen (secondary N) is 1. The lowest BCUT2D eigenvalue weighted by Gasteiger charge is -2.37. The molecule has 1 aliphatic heterocycles. The van der Waals surface area contributed by atoms with Gasteiger partial charge in [-0.3, -0.25) is 4.79 Å². The third-order valence-electron chi connectivity index (χ3n) is 6.75. The quantitative estimate of drug-likeness (QED) is 0.403. The van der Waals surface area contributed by atoms with Crippen LogP contribution in [-0.2, 0) is 16.8 Å². The maximum absolute atomic E-state index is 13.0. The number of nitriles is 1. The summed E-state index contributed by atoms with van der Waals surface area (Å²) in [5, 5.41) is 12.7. The largest absolute Gasteiger partial charge is 0.435 e. The van der Waals surface area contributed by atoms with E-state index < -0.39 is 24.7 Å². The van der Waals surface area contributed by atoms with Gasteiger partial charge < -0.3 is 14.8 Å². The second-order valence-corrected chi connectivity index (χ2v) is 8.86. The van der Waals surface area contributed by atoms with Crippen LogP contribution < -0.4 is 14.8 Å². The summed E-state index contributed by atoms with van der Waals surface area (Å²) in [5.74, 6) is -0.422. The van der Waals surface area contributed by atoms with Crippen LogP contribution in [-0.4, -0.2) is 19.1 Å². The molecule has 1 spiro atoms. The number of amides is 1. The summed E-state index contributed by atoms with van der Waals surface area (Å²) in [7, 11) is 0. The van der Waals surface area contributed by atoms with Crippen molar-refractivity contribution in [1.82, 2.24) is 5.32 Å². The van der Waals surface area contributed by atoms with Crippen molar-refractivity contribution >= 4 is 11.5 Å². The monoisotopic (exact) mass is 508 g/mol. The van der Waals surface area contributed by atoms with Crippen molar-refractivity contribution < 1.29 is 31.8 Å². The predicted octanol–water partition coefficient (Wildman–Crippen LogP) is 6.20. The molecule has 2 aliphatic rings. The SMILES string of the molecule is N#CC1=C(c2ccc(OC(F)F)cc2)C[C@]2(CCc3cc(-c4ccc(OC(F)F)cc4)ccc32)NC1=O. The number of carbonyl (C=O) groups is 1. The Hall–Kier alpha value is -4.32. The molecule has 3 aromatic rings. The van der Waals surface area contributed by atoms with Gasteiger partial charge in [0.15, 0.2) is 0 Å². The molecule has 1 amide bonds. The Morgan fingerprint density at radius 2 is 1.41 bits per heavy atom. The fraction of sp³-hybridized carbons (Fsp3) is 0.214. The highest BCUT2D eigenvalue weighted by Gasteiger charge is 2.45. The molecule has 1 N–H and O–H groups in total. The minimum atomic E-state index is -2.95. The molecule has 0 radical (unpaired) electrons. The molecule has 9 heteroatoms. The average molecular weight is 508 g/mol. The number of aryl methyl sites for hydroxylation is 1. The van der Waals surface area contributed by atoms with E-state index in [4.69, 9.17) is 0 Å². The van der Waals surface area contributed by atoms with E-state index in [-0.39, 0.29) is 17.1 Å². The first-order chi connectivity index (χ1) is 17.8. The number of alkyl halides is 4. The topological polar surface area (TPSA) is 71.3 Å². The maximum Gasteiger partial charge on any atom is 0.387 e. The van der Waals surface area contributed by atoms with Crippen molar-refractivity contribution in [2.45, 2.75) is 38.0 Å². The van der Waals surface area contributed by atoms with Crippen LogP contribution in [0.15, 0.2) is 72.3 Å². The van der Waals surface area contributed by atoms with Crippen LogP contribution in [0.3, 0.4) is 0 Å². The summed E-state index contributed by atoms with van der Waals surface area (Å²) in [6, 6.07) is 20.1. The Morgan fingerprint density at radius 1 is 0.838 bits per heavy atom. The fourth-order valence-electron chi connectivity index (χ4n) is 5.13. The number of hydrogen-bond donors (Lipinski definition) is 1. The van der Waals surface area contributed by atoms with Crippen LogP contribution in [0.2, 0.25) is 0 Å². The van der Waals surface area contributed by atoms with E-state index in [2.05, 4.69) is 14.8 Å². The molecule has 1 aliphatic carbocycles. The molecular weight excluding hydrogens is 488 g/mol. The van der Waals surface area contributed by atoms with Crippen molar-refractivity contribution in [2.24, 2.45) is 0 Å². The van der Waals surface area contributed by atoms with Crippen LogP contribution in [0.4, 0.5) is 17.6 Å². The van der Waals surface area contributed by atoms with E-state index in [0.29, 0.717) is 30.4 Å². The molecule has 0 unspecified atom stereocenters. The van der Waals surface area contributed by atoms with Gasteiger partial charge in [0.05, 0.1) is 5.54 Å². The molecule has 37 heavy (non-hydrogen) atoms. The van der Waals surface area contributed by atoms with Crippen molar-refractivity contribution in [3.05, 3.63) is 89.0 Å². The van der Waals surface area contributed by atoms with E-state index in [1.165, 1.54) is 24.3 Å². The molecule has 0 bridgehead atoms. The van der Waals surface area contributed by atoms with Crippen molar-refractivity contribution in [3.63, 3.8) is 0 Å². The molecule has 0 fully saturated rings. The number of benzene rings is 3. The van der Waals surface area contributed by atoms with Gasteiger partial charge >= 0.3 is 13.2 Å². The zero-order valence-electron chi connectivity index (χ0n) is 19.3. The number of ether oxygens (including phenoxy) is 2. The fourth-order valence-corrected chi connectivity index (χ4v) is 5.13. The minimum Gasteiger partial charge on any atom is -0.435 e. The third-order valence-corrected chi connectivity index (χ3v) is 6.75. The molecule has 0 saturated heterocycles. The van der Waals surface area contributed by atoms with E-state index in [1.54, 1.807) is 24.3 Å². The Balaban J connectivity index is 1.45. The highest BCUT2D eigenvalue weighted by molar-refractivity contribution is 6.07. The highest BCUT2D eigenvalue weighted by Crippen LogP contribution is 2.47. The van der Waals surface area contributed by atoms with E-state index in [0.717, 1.165) is 22.3 Å². The maximum atomic E-state index is 13.0. The Kier molecular flexibility index (Phi) is 6.34. The number of carbonyl (C=O) groups excluding carboxylic acids is 1. The lowest BCUT2D eigenvalue weighted by atomic mass is 9.78. The molecule has 0 aromatic heterocycles. The van der Waals surface area contributed by atoms with Gasteiger partial charge in [-0.2, -0.15) is 22.8 Å². The van der Waals surface area contributed by atoms with Crippen LogP contribution in [0, 0.1) is 11.3 Å². The van der Waals surface area contributed by atoms with E-state index in [1.807, 2.05) is 24.3 Å². The Bertz CT molecular complexity index is 1410. The second kappa shape index (κ2) is 9.62. The number of halogens is 4. The minimum absolute atomic E-state index is 0.00988. The number of nitrogens with zero attached hydrogens (tertiary/aromatic N) is 1. The lowest BCUT2D eigenvalue weighted by Crippen LogP contribution is -2.48. The van der Waals surface area contributed by atoms with Crippen molar-refractivity contribution in [2.75, 3.05) is 0 Å². The highest BCUT2D eigenvalue weighted by atomic mass is 19.3. The van der Waals surface area contributed by atoms with E-state index in [9.17, 15) is 27.6 Å². The van der Waals surface area contributed by atoms with Gasteiger partial charge in [-0.15, -0.1) is 0 Å². The summed E-state index contributed by atoms with van der Waals surface area (Å²) in [6.07, 6.45) is 1.67. The van der Waals surface area contributed by atoms with Crippen LogP contribution >= 0.6 is 0 Å². The first kappa shape index (κ1) is 24.4. The first-order valence-electron chi connectivity index (χ1n) is 11.5. The van der Waals surface area contributed by atoms with E-state index >= 15 is 0 Å². The Labute approximate surface area is 209 Å². The summed E-state index contributed by atoms with van der Waals surface area (Å²) < 4.78 is 58.7. The summed E-state index contributed by atoms with van der Waals surface area (Å²) in [4.78, 5) is 13.0. The van der Waals surface area contributed by atoms with Crippen molar-refractivity contribution in [1.29, 1.82) is 5.26 Å². The zero-order valence-corrected chi connectivity index (χ0v) is 19.3. The van der Waals surface area contributed by atoms with Gasteiger partial charge in [0.1, 0.15) is 23.1 Å². The second-order valence-electron chi connectivity index (χ2n) is 8.86. The van der Waals surface area contributed by atoms with Gasteiger partial charge in [-0.05, 0) is 70.5 Å². The molecule has 1 heterocycles. The summed E-state index contributed by atoms with van der Waals surface area (Å²) in [6.45, 7) is -5.84. The van der Waals surface area contributed by atoms with Crippen LogP contribution in [0.5, 0.6) is 11.5 Å². The molecule has 5 rings (SSSR count). The standard InChI is InChI=1S/C28H20F4N2O3/c29-26(30)36-20-6-1-16(2-7-20)18-5-10-24-19(13-18)11-12-28(24)14-22(23(15-33)25(35)34-28)17-3-8-21(9-4-17)37-27(31)32/h1-10,13,26-27H,11-12,14H2,(H,34,35)/t28-/m0/s1. The number of fused-ring (bicyclic) bond motifs is 2. The third kappa shape index (κ3) is 4.75. The van der Waals surface area contributed by atoms with Crippen LogP contribution in [0.25, 0.3) is 16.7 Å². The normalized spacial score (nSPS) is 18.7. The van der Waals surface area contributed by atoms with Gasteiger partial charge in [0.25, 0.3) is 5.91 Å². The summed E-state index contributed by atoms with van der Waals surface area (Å²) in [5.41, 5.74) is 4.10. The molecule has 3 aromatic carbocycles. The smallest absolute Gasteiger partial charge is 0.387 e. The molecule has 5 nitrogen and oxygen atoms in total. The van der Waals surface area contributed by atoms with Gasteiger partial charge in [0.2, 0.25) is 0 Å². The number of rotatable bonds is 6. The molecule has 1 atom stereocenters. The van der Waals surface area contributed by atoms with Gasteiger partial charge in [0, 0.05) is 6.42 Å². The summed E-state index contributed by atoms with van der Waals surface area (Å²) >= 11 is 0. The molecule has 0 saturated carbocycles. The number of hydrogen-bond acceptors (Lipinski definition) is 4. The molecule has 188 valence electrons. The average Bonchev–Trinajstić information content (AvgIpc) is 3.20. The lowest BCUT2D eigenvalue weighted by molar-refractivity contribution is -0.119. The van der Waals surface area contributed by atoms with Gasteiger partial charge in [-0.25, -0.2) is 0 Å². The Morgan fingerprint density at radius 3 is 1.97 bits per heavy atom. The van der Waals surface area contributed by atoms with Crippen LogP contribution in [0.1, 0.15) is 29.5 Å². The molecular formula is C28H20F4N2O3. The zero-order chi connectivity index (χ0) is 26.2. The first-order valence-corrected chi connectivity index (χ1v) is 11.5.